The molecule has 25 heavy (non-hydrogen) atoms. The molecule has 0 aliphatic rings. The molecule has 0 bridgehead atoms. The van der Waals surface area contributed by atoms with Crippen molar-refractivity contribution in [2.75, 3.05) is 26.0 Å². The van der Waals surface area contributed by atoms with Gasteiger partial charge in [-0.3, -0.25) is 4.79 Å². The van der Waals surface area contributed by atoms with E-state index in [4.69, 9.17) is 16.3 Å². The summed E-state index contributed by atoms with van der Waals surface area (Å²) in [6.07, 6.45) is 2.05. The molecular formula is C16H26ClN5O3. The lowest BCUT2D eigenvalue weighted by Gasteiger charge is -2.25. The van der Waals surface area contributed by atoms with Crippen LogP contribution in [0, 0.1) is 0 Å². The van der Waals surface area contributed by atoms with Crippen molar-refractivity contribution >= 4 is 29.4 Å². The summed E-state index contributed by atoms with van der Waals surface area (Å²) < 4.78 is 5.22. The van der Waals surface area contributed by atoms with Gasteiger partial charge in [0.05, 0.1) is 0 Å². The van der Waals surface area contributed by atoms with E-state index in [2.05, 4.69) is 20.6 Å². The molecule has 0 spiro atoms. The highest BCUT2D eigenvalue weighted by Crippen LogP contribution is 2.09. The van der Waals surface area contributed by atoms with Gasteiger partial charge in [-0.05, 0) is 51.3 Å². The Morgan fingerprint density at radius 3 is 2.60 bits per heavy atom. The summed E-state index contributed by atoms with van der Waals surface area (Å²) in [5, 5.41) is 5.90. The van der Waals surface area contributed by atoms with Crippen LogP contribution >= 0.6 is 11.6 Å². The van der Waals surface area contributed by atoms with E-state index in [1.807, 2.05) is 0 Å². The lowest BCUT2D eigenvalue weighted by molar-refractivity contribution is -0.131. The van der Waals surface area contributed by atoms with Crippen LogP contribution in [0.15, 0.2) is 12.3 Å². The number of hydrogen-bond donors (Lipinski definition) is 2. The van der Waals surface area contributed by atoms with Crippen LogP contribution in [0.1, 0.15) is 33.6 Å². The van der Waals surface area contributed by atoms with Crippen molar-refractivity contribution in [3.05, 3.63) is 17.5 Å². The van der Waals surface area contributed by atoms with Crippen molar-refractivity contribution < 1.29 is 14.3 Å². The zero-order chi connectivity index (χ0) is 19.0. The summed E-state index contributed by atoms with van der Waals surface area (Å²) in [5.74, 6) is 0.423. The van der Waals surface area contributed by atoms with Crippen LogP contribution in [0.5, 0.6) is 0 Å². The fourth-order valence-corrected chi connectivity index (χ4v) is 2.12. The van der Waals surface area contributed by atoms with Gasteiger partial charge in [0.15, 0.2) is 0 Å². The van der Waals surface area contributed by atoms with Crippen LogP contribution in [0.2, 0.25) is 5.28 Å². The smallest absolute Gasteiger partial charge is 0.408 e. The Balaban J connectivity index is 2.53. The molecule has 2 N–H and O–H groups in total. The number of halogens is 1. The first-order valence-electron chi connectivity index (χ1n) is 8.01. The molecule has 0 saturated carbocycles. The zero-order valence-electron chi connectivity index (χ0n) is 15.3. The number of amides is 2. The highest BCUT2D eigenvalue weighted by Gasteiger charge is 2.25. The van der Waals surface area contributed by atoms with Crippen molar-refractivity contribution in [3.63, 3.8) is 0 Å². The maximum atomic E-state index is 12.3. The SMILES string of the molecule is CN(C)C(=O)[C@H](CCCNc1ccnc(Cl)n1)NC(=O)OC(C)(C)C. The van der Waals surface area contributed by atoms with Crippen LogP contribution in [0.25, 0.3) is 0 Å². The monoisotopic (exact) mass is 371 g/mol. The average Bonchev–Trinajstić information content (AvgIpc) is 2.47. The third-order valence-corrected chi connectivity index (χ3v) is 3.21. The normalized spacial score (nSPS) is 12.2. The van der Waals surface area contributed by atoms with E-state index in [1.165, 1.54) is 4.90 Å². The van der Waals surface area contributed by atoms with Crippen LogP contribution in [-0.2, 0) is 9.53 Å². The molecule has 9 heteroatoms. The standard InChI is InChI=1S/C16H26ClN5O3/c1-16(2,3)25-15(24)20-11(13(23)22(4)5)7-6-9-18-12-8-10-19-14(17)21-12/h8,10-11H,6-7,9H2,1-5H3,(H,20,24)(H,18,19,21)/t11-/m0/s1. The Hall–Kier alpha value is -2.09. The quantitative estimate of drug-likeness (QED) is 0.564. The molecule has 0 aliphatic carbocycles. The molecule has 0 unspecified atom stereocenters. The molecular weight excluding hydrogens is 346 g/mol. The lowest BCUT2D eigenvalue weighted by atomic mass is 10.1. The van der Waals surface area contributed by atoms with Crippen molar-refractivity contribution in [1.29, 1.82) is 0 Å². The fraction of sp³-hybridized carbons (Fsp3) is 0.625. The summed E-state index contributed by atoms with van der Waals surface area (Å²) in [7, 11) is 3.29. The second-order valence-corrected chi connectivity index (χ2v) is 7.05. The highest BCUT2D eigenvalue weighted by molar-refractivity contribution is 6.28. The number of nitrogens with one attached hydrogen (secondary N) is 2. The van der Waals surface area contributed by atoms with E-state index < -0.39 is 17.7 Å². The van der Waals surface area contributed by atoms with Gasteiger partial charge in [-0.1, -0.05) is 0 Å². The van der Waals surface area contributed by atoms with Gasteiger partial charge in [0, 0.05) is 26.8 Å². The Bertz CT molecular complexity index is 589. The topological polar surface area (TPSA) is 96.5 Å². The number of nitrogens with zero attached hydrogens (tertiary/aromatic N) is 3. The fourth-order valence-electron chi connectivity index (χ4n) is 1.97. The molecule has 0 fully saturated rings. The van der Waals surface area contributed by atoms with Gasteiger partial charge in [0.25, 0.3) is 0 Å². The molecule has 8 nitrogen and oxygen atoms in total. The Morgan fingerprint density at radius 1 is 1.36 bits per heavy atom. The van der Waals surface area contributed by atoms with E-state index >= 15 is 0 Å². The van der Waals surface area contributed by atoms with Gasteiger partial charge in [-0.2, -0.15) is 0 Å². The Morgan fingerprint density at radius 2 is 2.04 bits per heavy atom. The minimum absolute atomic E-state index is 0.164. The van der Waals surface area contributed by atoms with Crippen molar-refractivity contribution in [2.24, 2.45) is 0 Å². The number of hydrogen-bond acceptors (Lipinski definition) is 6. The number of aromatic nitrogens is 2. The van der Waals surface area contributed by atoms with Crippen LogP contribution in [0.4, 0.5) is 10.6 Å². The first-order chi connectivity index (χ1) is 11.6. The molecule has 1 atom stereocenters. The minimum Gasteiger partial charge on any atom is -0.444 e. The number of carbonyl (C=O) groups excluding carboxylic acids is 2. The third-order valence-electron chi connectivity index (χ3n) is 3.03. The van der Waals surface area contributed by atoms with Crippen LogP contribution in [-0.4, -0.2) is 59.2 Å². The number of ether oxygens (including phenoxy) is 1. The van der Waals surface area contributed by atoms with Gasteiger partial charge >= 0.3 is 6.09 Å². The molecule has 1 rings (SSSR count). The predicted octanol–water partition coefficient (Wildman–Crippen LogP) is 2.30. The molecule has 0 aliphatic heterocycles. The van der Waals surface area contributed by atoms with Gasteiger partial charge < -0.3 is 20.3 Å². The minimum atomic E-state index is -0.652. The molecule has 0 saturated heterocycles. The third kappa shape index (κ3) is 8.53. The molecule has 1 aromatic heterocycles. The van der Waals surface area contributed by atoms with Gasteiger partial charge in [0.2, 0.25) is 11.2 Å². The molecule has 1 heterocycles. The van der Waals surface area contributed by atoms with E-state index in [0.29, 0.717) is 25.2 Å². The van der Waals surface area contributed by atoms with E-state index in [0.717, 1.165) is 0 Å². The number of anilines is 1. The molecule has 2 amide bonds. The summed E-state index contributed by atoms with van der Waals surface area (Å²) in [6.45, 7) is 5.88. The second-order valence-electron chi connectivity index (χ2n) is 6.71. The Labute approximate surface area is 153 Å². The predicted molar refractivity (Wildman–Crippen MR) is 96.6 cm³/mol. The average molecular weight is 372 g/mol. The summed E-state index contributed by atoms with van der Waals surface area (Å²) in [6, 6.07) is 1.05. The molecule has 140 valence electrons. The summed E-state index contributed by atoms with van der Waals surface area (Å²) >= 11 is 5.72. The maximum absolute atomic E-state index is 12.3. The Kier molecular flexibility index (Phi) is 7.89. The van der Waals surface area contributed by atoms with Crippen LogP contribution in [0.3, 0.4) is 0 Å². The lowest BCUT2D eigenvalue weighted by Crippen LogP contribution is -2.47. The first kappa shape index (κ1) is 21.0. The summed E-state index contributed by atoms with van der Waals surface area (Å²) in [5.41, 5.74) is -0.621. The van der Waals surface area contributed by atoms with Crippen molar-refractivity contribution in [2.45, 2.75) is 45.3 Å². The number of rotatable bonds is 7. The van der Waals surface area contributed by atoms with E-state index in [1.54, 1.807) is 47.1 Å². The van der Waals surface area contributed by atoms with Gasteiger partial charge in [0.1, 0.15) is 17.5 Å². The number of alkyl carbamates (subject to hydrolysis) is 1. The first-order valence-corrected chi connectivity index (χ1v) is 8.39. The van der Waals surface area contributed by atoms with Gasteiger partial charge in [-0.15, -0.1) is 0 Å². The molecule has 1 aromatic rings. The summed E-state index contributed by atoms with van der Waals surface area (Å²) in [4.78, 5) is 33.5. The largest absolute Gasteiger partial charge is 0.444 e. The zero-order valence-corrected chi connectivity index (χ0v) is 16.1. The van der Waals surface area contributed by atoms with E-state index in [-0.39, 0.29) is 11.2 Å². The van der Waals surface area contributed by atoms with Crippen LogP contribution < -0.4 is 10.6 Å². The van der Waals surface area contributed by atoms with E-state index in [9.17, 15) is 9.59 Å². The van der Waals surface area contributed by atoms with Crippen molar-refractivity contribution in [3.8, 4) is 0 Å². The van der Waals surface area contributed by atoms with Crippen molar-refractivity contribution in [1.82, 2.24) is 20.2 Å². The molecule has 0 radical (unpaired) electrons. The number of likely N-dealkylation sites (N-methyl/N-ethyl adjacent to an activating group) is 1. The number of carbonyl (C=O) groups is 2. The maximum Gasteiger partial charge on any atom is 0.408 e. The second kappa shape index (κ2) is 9.41. The highest BCUT2D eigenvalue weighted by atomic mass is 35.5. The van der Waals surface area contributed by atoms with Gasteiger partial charge in [-0.25, -0.2) is 14.8 Å². The molecule has 0 aromatic carbocycles.